The van der Waals surface area contributed by atoms with E-state index in [9.17, 15) is 19.4 Å². The van der Waals surface area contributed by atoms with E-state index in [2.05, 4.69) is 0 Å². The van der Waals surface area contributed by atoms with Crippen LogP contribution in [0, 0.1) is 11.7 Å². The first-order chi connectivity index (χ1) is 10.1. The number of benzene rings is 1. The molecule has 1 saturated carbocycles. The maximum Gasteiger partial charge on any atom is 0.320 e. The molecule has 3 atom stereocenters. The first-order valence-electron chi connectivity index (χ1n) is 7.52. The van der Waals surface area contributed by atoms with Gasteiger partial charge in [0.05, 0.1) is 0 Å². The minimum Gasteiger partial charge on any atom is -0.508 e. The van der Waals surface area contributed by atoms with Crippen LogP contribution in [0.25, 0.3) is 0 Å². The fourth-order valence-electron chi connectivity index (χ4n) is 3.90. The normalized spacial score (nSPS) is 29.3. The number of carboxylic acid groups (broad SMARTS) is 1. The van der Waals surface area contributed by atoms with Crippen LogP contribution < -0.4 is 0 Å². The number of nitrogens with zero attached hydrogens (tertiary/aromatic N) is 1. The summed E-state index contributed by atoms with van der Waals surface area (Å²) in [6.45, 7) is 0.293. The number of hydrogen-bond donors (Lipinski definition) is 2. The number of phenols is 1. The van der Waals surface area contributed by atoms with E-state index in [1.807, 2.05) is 4.90 Å². The standard InChI is InChI=1S/C16H20FNO3/c17-12-5-6-15(19)11(7-12)9-18-13-4-2-1-3-10(13)8-14(18)16(20)21/h5-7,10,13-14,19H,1-4,8-9H2,(H,20,21). The molecule has 1 aromatic rings. The zero-order valence-corrected chi connectivity index (χ0v) is 11.8. The van der Waals surface area contributed by atoms with Gasteiger partial charge in [0, 0.05) is 18.2 Å². The van der Waals surface area contributed by atoms with Gasteiger partial charge in [-0.3, -0.25) is 9.69 Å². The van der Waals surface area contributed by atoms with Crippen molar-refractivity contribution in [2.75, 3.05) is 0 Å². The van der Waals surface area contributed by atoms with Gasteiger partial charge in [-0.1, -0.05) is 12.8 Å². The summed E-state index contributed by atoms with van der Waals surface area (Å²) in [5.74, 6) is -0.787. The molecule has 5 heteroatoms. The van der Waals surface area contributed by atoms with E-state index in [4.69, 9.17) is 0 Å². The van der Waals surface area contributed by atoms with Crippen molar-refractivity contribution in [2.24, 2.45) is 5.92 Å². The van der Waals surface area contributed by atoms with Crippen LogP contribution in [0.5, 0.6) is 5.75 Å². The minimum atomic E-state index is -0.819. The maximum absolute atomic E-state index is 13.4. The number of fused-ring (bicyclic) bond motifs is 1. The third kappa shape index (κ3) is 2.75. The Kier molecular flexibility index (Phi) is 3.85. The molecule has 114 valence electrons. The van der Waals surface area contributed by atoms with Crippen LogP contribution in [0.4, 0.5) is 4.39 Å². The average molecular weight is 293 g/mol. The first kappa shape index (κ1) is 14.3. The van der Waals surface area contributed by atoms with E-state index in [1.54, 1.807) is 0 Å². The molecule has 1 aromatic carbocycles. The van der Waals surface area contributed by atoms with Crippen LogP contribution >= 0.6 is 0 Å². The molecule has 0 spiro atoms. The number of aliphatic carboxylic acids is 1. The molecule has 0 radical (unpaired) electrons. The Morgan fingerprint density at radius 1 is 1.33 bits per heavy atom. The highest BCUT2D eigenvalue weighted by Gasteiger charge is 2.45. The summed E-state index contributed by atoms with van der Waals surface area (Å²) < 4.78 is 13.4. The zero-order valence-electron chi connectivity index (χ0n) is 11.8. The molecule has 0 aromatic heterocycles. The van der Waals surface area contributed by atoms with Crippen molar-refractivity contribution in [1.29, 1.82) is 0 Å². The summed E-state index contributed by atoms with van der Waals surface area (Å²) in [4.78, 5) is 13.5. The summed E-state index contributed by atoms with van der Waals surface area (Å²) >= 11 is 0. The molecular formula is C16H20FNO3. The molecular weight excluding hydrogens is 273 g/mol. The SMILES string of the molecule is O=C(O)C1CC2CCCCC2N1Cc1cc(F)ccc1O. The zero-order chi connectivity index (χ0) is 15.0. The van der Waals surface area contributed by atoms with Gasteiger partial charge < -0.3 is 10.2 Å². The van der Waals surface area contributed by atoms with Gasteiger partial charge in [0.1, 0.15) is 17.6 Å². The van der Waals surface area contributed by atoms with Gasteiger partial charge >= 0.3 is 5.97 Å². The number of carboxylic acids is 1. The number of carbonyl (C=O) groups is 1. The molecule has 0 bridgehead atoms. The highest BCUT2D eigenvalue weighted by Crippen LogP contribution is 2.41. The van der Waals surface area contributed by atoms with E-state index in [1.165, 1.54) is 18.2 Å². The van der Waals surface area contributed by atoms with Gasteiger partial charge in [-0.15, -0.1) is 0 Å². The van der Waals surface area contributed by atoms with Crippen molar-refractivity contribution in [3.8, 4) is 5.75 Å². The molecule has 0 amide bonds. The lowest BCUT2D eigenvalue weighted by atomic mass is 9.84. The molecule has 4 nitrogen and oxygen atoms in total. The fraction of sp³-hybridized carbons (Fsp3) is 0.562. The van der Waals surface area contributed by atoms with Gasteiger partial charge in [0.2, 0.25) is 0 Å². The molecule has 3 unspecified atom stereocenters. The topological polar surface area (TPSA) is 60.8 Å². The van der Waals surface area contributed by atoms with E-state index < -0.39 is 17.8 Å². The third-order valence-electron chi connectivity index (χ3n) is 4.90. The van der Waals surface area contributed by atoms with Crippen molar-refractivity contribution in [1.82, 2.24) is 4.90 Å². The Hall–Kier alpha value is -1.62. The Morgan fingerprint density at radius 2 is 2.10 bits per heavy atom. The monoisotopic (exact) mass is 293 g/mol. The van der Waals surface area contributed by atoms with Crippen molar-refractivity contribution >= 4 is 5.97 Å². The molecule has 2 N–H and O–H groups in total. The van der Waals surface area contributed by atoms with Crippen molar-refractivity contribution in [2.45, 2.75) is 50.7 Å². The lowest BCUT2D eigenvalue weighted by molar-refractivity contribution is -0.142. The van der Waals surface area contributed by atoms with Crippen LogP contribution in [0.15, 0.2) is 18.2 Å². The quantitative estimate of drug-likeness (QED) is 0.899. The summed E-state index contributed by atoms with van der Waals surface area (Å²) in [7, 11) is 0. The lowest BCUT2D eigenvalue weighted by Gasteiger charge is -2.33. The average Bonchev–Trinajstić information content (AvgIpc) is 2.82. The van der Waals surface area contributed by atoms with Gasteiger partial charge in [0.25, 0.3) is 0 Å². The van der Waals surface area contributed by atoms with E-state index >= 15 is 0 Å². The molecule has 3 rings (SSSR count). The van der Waals surface area contributed by atoms with E-state index in [0.29, 0.717) is 24.4 Å². The van der Waals surface area contributed by atoms with Crippen LogP contribution in [0.2, 0.25) is 0 Å². The molecule has 1 saturated heterocycles. The summed E-state index contributed by atoms with van der Waals surface area (Å²) in [5.41, 5.74) is 0.465. The van der Waals surface area contributed by atoms with Gasteiger partial charge in [0.15, 0.2) is 0 Å². The number of rotatable bonds is 3. The molecule has 1 aliphatic heterocycles. The summed E-state index contributed by atoms with van der Waals surface area (Å²) in [6, 6.07) is 3.54. The Bertz CT molecular complexity index is 548. The van der Waals surface area contributed by atoms with Crippen LogP contribution in [-0.4, -0.2) is 33.2 Å². The second-order valence-electron chi connectivity index (χ2n) is 6.15. The highest BCUT2D eigenvalue weighted by molar-refractivity contribution is 5.74. The van der Waals surface area contributed by atoms with Gasteiger partial charge in [-0.2, -0.15) is 0 Å². The largest absolute Gasteiger partial charge is 0.508 e. The predicted molar refractivity (Wildman–Crippen MR) is 75.4 cm³/mol. The van der Waals surface area contributed by atoms with E-state index in [0.717, 1.165) is 25.7 Å². The third-order valence-corrected chi connectivity index (χ3v) is 4.90. The Balaban J connectivity index is 1.86. The number of hydrogen-bond acceptors (Lipinski definition) is 3. The van der Waals surface area contributed by atoms with E-state index in [-0.39, 0.29) is 11.8 Å². The van der Waals surface area contributed by atoms with Gasteiger partial charge in [-0.25, -0.2) is 4.39 Å². The Labute approximate surface area is 123 Å². The van der Waals surface area contributed by atoms with Crippen LogP contribution in [-0.2, 0) is 11.3 Å². The second-order valence-corrected chi connectivity index (χ2v) is 6.15. The molecule has 2 aliphatic rings. The predicted octanol–water partition coefficient (Wildman–Crippen LogP) is 2.75. The molecule has 1 heterocycles. The van der Waals surface area contributed by atoms with Crippen molar-refractivity contribution < 1.29 is 19.4 Å². The van der Waals surface area contributed by atoms with Gasteiger partial charge in [-0.05, 0) is 43.4 Å². The summed E-state index contributed by atoms with van der Waals surface area (Å²) in [6.07, 6.45) is 4.99. The lowest BCUT2D eigenvalue weighted by Crippen LogP contribution is -2.41. The molecule has 2 fully saturated rings. The number of likely N-dealkylation sites (tertiary alicyclic amines) is 1. The summed E-state index contributed by atoms with van der Waals surface area (Å²) in [5, 5.41) is 19.3. The Morgan fingerprint density at radius 3 is 2.86 bits per heavy atom. The van der Waals surface area contributed by atoms with Crippen molar-refractivity contribution in [3.63, 3.8) is 0 Å². The highest BCUT2D eigenvalue weighted by atomic mass is 19.1. The second kappa shape index (κ2) is 5.64. The van der Waals surface area contributed by atoms with Crippen LogP contribution in [0.3, 0.4) is 0 Å². The van der Waals surface area contributed by atoms with Crippen LogP contribution in [0.1, 0.15) is 37.7 Å². The van der Waals surface area contributed by atoms with Crippen molar-refractivity contribution in [3.05, 3.63) is 29.6 Å². The number of aromatic hydroxyl groups is 1. The number of halogens is 1. The maximum atomic E-state index is 13.4. The molecule has 1 aliphatic carbocycles. The fourth-order valence-corrected chi connectivity index (χ4v) is 3.90. The number of phenolic OH excluding ortho intramolecular Hbond substituents is 1. The first-order valence-corrected chi connectivity index (χ1v) is 7.52. The minimum absolute atomic E-state index is 0.0276. The smallest absolute Gasteiger partial charge is 0.320 e. The molecule has 21 heavy (non-hydrogen) atoms.